The number of likely N-dealkylation sites (tertiary alicyclic amines) is 1. The molecular weight excluding hydrogens is 304 g/mol. The first kappa shape index (κ1) is 14.5. The van der Waals surface area contributed by atoms with E-state index in [1.807, 2.05) is 18.2 Å². The molecule has 1 saturated heterocycles. The topological polar surface area (TPSA) is 47.3 Å². The molecular formula is C15H19BrN2O. The van der Waals surface area contributed by atoms with Crippen LogP contribution < -0.4 is 0 Å². The molecule has 1 aromatic carbocycles. The van der Waals surface area contributed by atoms with Crippen molar-refractivity contribution in [2.75, 3.05) is 13.2 Å². The Bertz CT molecular complexity index is 484. The molecule has 2 atom stereocenters. The summed E-state index contributed by atoms with van der Waals surface area (Å²) in [5, 5.41) is 18.2. The van der Waals surface area contributed by atoms with Crippen LogP contribution in [0.5, 0.6) is 0 Å². The average Bonchev–Trinajstić information content (AvgIpc) is 2.43. The maximum Gasteiger partial charge on any atom is 0.0992 e. The lowest BCUT2D eigenvalue weighted by molar-refractivity contribution is 0.0770. The Labute approximate surface area is 123 Å². The lowest BCUT2D eigenvalue weighted by Crippen LogP contribution is -2.42. The van der Waals surface area contributed by atoms with Crippen LogP contribution in [-0.4, -0.2) is 29.2 Å². The molecule has 4 heteroatoms. The second kappa shape index (κ2) is 6.51. The van der Waals surface area contributed by atoms with Crippen molar-refractivity contribution in [1.29, 1.82) is 5.26 Å². The molecule has 0 spiro atoms. The van der Waals surface area contributed by atoms with Crippen molar-refractivity contribution in [2.24, 2.45) is 5.92 Å². The predicted molar refractivity (Wildman–Crippen MR) is 78.5 cm³/mol. The minimum absolute atomic E-state index is 0.276. The van der Waals surface area contributed by atoms with E-state index in [2.05, 4.69) is 33.8 Å². The van der Waals surface area contributed by atoms with Crippen molar-refractivity contribution in [3.8, 4) is 6.07 Å². The zero-order valence-corrected chi connectivity index (χ0v) is 12.7. The van der Waals surface area contributed by atoms with Crippen molar-refractivity contribution in [1.82, 2.24) is 4.90 Å². The summed E-state index contributed by atoms with van der Waals surface area (Å²) in [4.78, 5) is 2.41. The Morgan fingerprint density at radius 3 is 2.89 bits per heavy atom. The summed E-state index contributed by atoms with van der Waals surface area (Å²) < 4.78 is 0.991. The van der Waals surface area contributed by atoms with Crippen LogP contribution in [0.1, 0.15) is 30.9 Å². The van der Waals surface area contributed by atoms with Gasteiger partial charge < -0.3 is 5.11 Å². The van der Waals surface area contributed by atoms with Gasteiger partial charge in [-0.05, 0) is 43.4 Å². The van der Waals surface area contributed by atoms with Crippen molar-refractivity contribution in [2.45, 2.75) is 32.4 Å². The predicted octanol–water partition coefficient (Wildman–Crippen LogP) is 2.91. The fraction of sp³-hybridized carbons (Fsp3) is 0.533. The van der Waals surface area contributed by atoms with Crippen LogP contribution in [0.3, 0.4) is 0 Å². The van der Waals surface area contributed by atoms with Gasteiger partial charge in [-0.2, -0.15) is 5.26 Å². The summed E-state index contributed by atoms with van der Waals surface area (Å²) in [6, 6.07) is 8.43. The Balaban J connectivity index is 2.09. The molecule has 0 bridgehead atoms. The summed E-state index contributed by atoms with van der Waals surface area (Å²) in [6.45, 7) is 4.33. The van der Waals surface area contributed by atoms with Gasteiger partial charge in [-0.25, -0.2) is 0 Å². The number of aliphatic hydroxyl groups is 1. The average molecular weight is 323 g/mol. The van der Waals surface area contributed by atoms with Gasteiger partial charge in [0.25, 0.3) is 0 Å². The third-order valence-electron chi connectivity index (χ3n) is 3.92. The molecule has 1 aliphatic rings. The van der Waals surface area contributed by atoms with E-state index in [0.29, 0.717) is 17.5 Å². The summed E-state index contributed by atoms with van der Waals surface area (Å²) >= 11 is 3.54. The minimum atomic E-state index is 0.276. The molecule has 1 aromatic rings. The Morgan fingerprint density at radius 1 is 1.47 bits per heavy atom. The third-order valence-corrected chi connectivity index (χ3v) is 4.66. The van der Waals surface area contributed by atoms with Crippen molar-refractivity contribution < 1.29 is 5.11 Å². The maximum atomic E-state index is 9.31. The molecule has 1 N–H and O–H groups in total. The molecule has 0 aromatic heterocycles. The largest absolute Gasteiger partial charge is 0.396 e. The second-order valence-corrected chi connectivity index (χ2v) is 6.18. The third kappa shape index (κ3) is 3.56. The SMILES string of the molecule is C[C@H]1CC[C@@H](CO)CN1Cc1ccc(C#N)cc1Br. The molecule has 2 rings (SSSR count). The molecule has 0 amide bonds. The van der Waals surface area contributed by atoms with Gasteiger partial charge in [0.2, 0.25) is 0 Å². The van der Waals surface area contributed by atoms with Gasteiger partial charge in [-0.1, -0.05) is 22.0 Å². The van der Waals surface area contributed by atoms with E-state index in [4.69, 9.17) is 5.26 Å². The highest BCUT2D eigenvalue weighted by atomic mass is 79.9. The van der Waals surface area contributed by atoms with E-state index in [-0.39, 0.29) is 6.61 Å². The smallest absolute Gasteiger partial charge is 0.0992 e. The lowest BCUT2D eigenvalue weighted by atomic mass is 9.93. The van der Waals surface area contributed by atoms with Gasteiger partial charge in [-0.15, -0.1) is 0 Å². The number of rotatable bonds is 3. The van der Waals surface area contributed by atoms with E-state index in [0.717, 1.165) is 30.4 Å². The number of aliphatic hydroxyl groups excluding tert-OH is 1. The maximum absolute atomic E-state index is 9.31. The zero-order chi connectivity index (χ0) is 13.8. The van der Waals surface area contributed by atoms with Gasteiger partial charge in [-0.3, -0.25) is 4.90 Å². The molecule has 0 unspecified atom stereocenters. The van der Waals surface area contributed by atoms with Crippen LogP contribution in [0, 0.1) is 17.2 Å². The quantitative estimate of drug-likeness (QED) is 0.930. The number of nitrogens with zero attached hydrogens (tertiary/aromatic N) is 2. The lowest BCUT2D eigenvalue weighted by Gasteiger charge is -2.37. The molecule has 1 aliphatic heterocycles. The molecule has 102 valence electrons. The molecule has 19 heavy (non-hydrogen) atoms. The van der Waals surface area contributed by atoms with Gasteiger partial charge in [0.05, 0.1) is 11.6 Å². The van der Waals surface area contributed by atoms with E-state index >= 15 is 0 Å². The number of piperidine rings is 1. The first-order valence-corrected chi connectivity index (χ1v) is 7.46. The standard InChI is InChI=1S/C15H19BrN2O/c1-11-2-3-13(10-19)8-18(11)9-14-5-4-12(7-17)6-15(14)16/h4-6,11,13,19H,2-3,8-10H2,1H3/t11-,13+/m0/s1. The highest BCUT2D eigenvalue weighted by molar-refractivity contribution is 9.10. The molecule has 1 fully saturated rings. The highest BCUT2D eigenvalue weighted by Gasteiger charge is 2.25. The summed E-state index contributed by atoms with van der Waals surface area (Å²) in [5.41, 5.74) is 1.87. The Morgan fingerprint density at radius 2 is 2.26 bits per heavy atom. The van der Waals surface area contributed by atoms with Crippen LogP contribution >= 0.6 is 15.9 Å². The number of benzene rings is 1. The number of nitriles is 1. The Kier molecular flexibility index (Phi) is 4.98. The minimum Gasteiger partial charge on any atom is -0.396 e. The van der Waals surface area contributed by atoms with Crippen LogP contribution in [0.15, 0.2) is 22.7 Å². The van der Waals surface area contributed by atoms with E-state index in [9.17, 15) is 5.11 Å². The second-order valence-electron chi connectivity index (χ2n) is 5.32. The molecule has 0 radical (unpaired) electrons. The fourth-order valence-electron chi connectivity index (χ4n) is 2.60. The van der Waals surface area contributed by atoms with Crippen LogP contribution in [0.2, 0.25) is 0 Å². The molecule has 0 aliphatic carbocycles. The van der Waals surface area contributed by atoms with Crippen LogP contribution in [0.25, 0.3) is 0 Å². The molecule has 0 saturated carbocycles. The van der Waals surface area contributed by atoms with E-state index in [1.54, 1.807) is 0 Å². The number of hydrogen-bond donors (Lipinski definition) is 1. The first-order chi connectivity index (χ1) is 9.13. The molecule has 1 heterocycles. The van der Waals surface area contributed by atoms with Crippen LogP contribution in [0.4, 0.5) is 0 Å². The van der Waals surface area contributed by atoms with Gasteiger partial charge >= 0.3 is 0 Å². The number of hydrogen-bond acceptors (Lipinski definition) is 3. The Hall–Kier alpha value is -0.890. The fourth-order valence-corrected chi connectivity index (χ4v) is 3.10. The van der Waals surface area contributed by atoms with Gasteiger partial charge in [0.1, 0.15) is 0 Å². The van der Waals surface area contributed by atoms with Crippen molar-refractivity contribution in [3.63, 3.8) is 0 Å². The van der Waals surface area contributed by atoms with Gasteiger partial charge in [0, 0.05) is 30.2 Å². The van der Waals surface area contributed by atoms with Gasteiger partial charge in [0.15, 0.2) is 0 Å². The summed E-state index contributed by atoms with van der Waals surface area (Å²) in [6.07, 6.45) is 2.25. The first-order valence-electron chi connectivity index (χ1n) is 6.67. The summed E-state index contributed by atoms with van der Waals surface area (Å²) in [7, 11) is 0. The normalized spacial score (nSPS) is 24.1. The number of halogens is 1. The van der Waals surface area contributed by atoms with E-state index < -0.39 is 0 Å². The summed E-state index contributed by atoms with van der Waals surface area (Å²) in [5.74, 6) is 0.397. The molecule has 3 nitrogen and oxygen atoms in total. The monoisotopic (exact) mass is 322 g/mol. The highest BCUT2D eigenvalue weighted by Crippen LogP contribution is 2.26. The zero-order valence-electron chi connectivity index (χ0n) is 11.1. The van der Waals surface area contributed by atoms with E-state index in [1.165, 1.54) is 5.56 Å². The van der Waals surface area contributed by atoms with Crippen molar-refractivity contribution in [3.05, 3.63) is 33.8 Å². The van der Waals surface area contributed by atoms with Crippen molar-refractivity contribution >= 4 is 15.9 Å². The van der Waals surface area contributed by atoms with Crippen LogP contribution in [-0.2, 0) is 6.54 Å².